The van der Waals surface area contributed by atoms with Crippen molar-refractivity contribution >= 4 is 23.1 Å². The number of hydrogen-bond donors (Lipinski definition) is 1. The first-order chi connectivity index (χ1) is 6.84. The summed E-state index contributed by atoms with van der Waals surface area (Å²) >= 11 is 2.03. The van der Waals surface area contributed by atoms with Crippen molar-refractivity contribution in [3.8, 4) is 0 Å². The van der Waals surface area contributed by atoms with E-state index < -0.39 is 0 Å². The van der Waals surface area contributed by atoms with E-state index in [4.69, 9.17) is 0 Å². The highest BCUT2D eigenvalue weighted by Crippen LogP contribution is 2.37. The minimum Gasteiger partial charge on any atom is -0.381 e. The molecular weight excluding hydrogens is 192 g/mol. The summed E-state index contributed by atoms with van der Waals surface area (Å²) in [6, 6.07) is 7.39. The number of hydrogen-bond acceptors (Lipinski definition) is 3. The highest BCUT2D eigenvalue weighted by Gasteiger charge is 2.30. The zero-order chi connectivity index (χ0) is 9.54. The highest BCUT2D eigenvalue weighted by molar-refractivity contribution is 7.99. The molecule has 0 unspecified atom stereocenters. The molecule has 0 radical (unpaired) electrons. The van der Waals surface area contributed by atoms with Gasteiger partial charge in [0.15, 0.2) is 0 Å². The van der Waals surface area contributed by atoms with Crippen LogP contribution in [0.2, 0.25) is 0 Å². The van der Waals surface area contributed by atoms with Gasteiger partial charge < -0.3 is 10.2 Å². The van der Waals surface area contributed by atoms with E-state index in [-0.39, 0.29) is 0 Å². The predicted molar refractivity (Wildman–Crippen MR) is 63.3 cm³/mol. The lowest BCUT2D eigenvalue weighted by atomic mass is 10.1. The van der Waals surface area contributed by atoms with Crippen molar-refractivity contribution in [2.24, 2.45) is 0 Å². The molecule has 1 atom stereocenters. The van der Waals surface area contributed by atoms with Crippen LogP contribution in [-0.4, -0.2) is 24.2 Å². The van der Waals surface area contributed by atoms with Gasteiger partial charge in [0.25, 0.3) is 0 Å². The number of rotatable bonds is 0. The Morgan fingerprint density at radius 1 is 1.50 bits per heavy atom. The van der Waals surface area contributed by atoms with Crippen LogP contribution in [0.1, 0.15) is 5.56 Å². The zero-order valence-corrected chi connectivity index (χ0v) is 9.10. The minimum atomic E-state index is 0.704. The molecule has 0 aromatic heterocycles. The van der Waals surface area contributed by atoms with E-state index >= 15 is 0 Å². The zero-order valence-electron chi connectivity index (χ0n) is 8.29. The monoisotopic (exact) mass is 206 g/mol. The largest absolute Gasteiger partial charge is 0.381 e. The molecule has 3 heteroatoms. The maximum absolute atomic E-state index is 3.52. The van der Waals surface area contributed by atoms with Gasteiger partial charge in [-0.25, -0.2) is 0 Å². The van der Waals surface area contributed by atoms with Crippen molar-refractivity contribution in [1.82, 2.24) is 0 Å². The fraction of sp³-hybridized carbons (Fsp3) is 0.455. The maximum Gasteiger partial charge on any atom is 0.0645 e. The van der Waals surface area contributed by atoms with Crippen LogP contribution in [0.25, 0.3) is 0 Å². The van der Waals surface area contributed by atoms with E-state index in [0.717, 1.165) is 12.4 Å². The molecule has 2 nitrogen and oxygen atoms in total. The summed E-state index contributed by atoms with van der Waals surface area (Å²) in [5.74, 6) is 2.42. The van der Waals surface area contributed by atoms with Crippen molar-refractivity contribution in [1.29, 1.82) is 0 Å². The van der Waals surface area contributed by atoms with Gasteiger partial charge in [-0.05, 0) is 24.6 Å². The van der Waals surface area contributed by atoms with Gasteiger partial charge in [-0.2, -0.15) is 0 Å². The van der Waals surface area contributed by atoms with Gasteiger partial charge in [-0.15, -0.1) is 11.8 Å². The molecule has 14 heavy (non-hydrogen) atoms. The second-order valence-corrected chi connectivity index (χ2v) is 5.02. The second kappa shape index (κ2) is 3.09. The van der Waals surface area contributed by atoms with Crippen LogP contribution in [0.3, 0.4) is 0 Å². The van der Waals surface area contributed by atoms with Crippen LogP contribution in [0.15, 0.2) is 18.2 Å². The number of fused-ring (bicyclic) bond motifs is 3. The van der Waals surface area contributed by atoms with Crippen molar-refractivity contribution in [3.05, 3.63) is 23.8 Å². The number of nitrogens with one attached hydrogen (secondary N) is 1. The summed E-state index contributed by atoms with van der Waals surface area (Å²) in [5, 5.41) is 3.52. The van der Waals surface area contributed by atoms with Gasteiger partial charge in [0.2, 0.25) is 0 Å². The molecule has 0 bridgehead atoms. The van der Waals surface area contributed by atoms with Crippen molar-refractivity contribution in [3.63, 3.8) is 0 Å². The average molecular weight is 206 g/mol. The second-order valence-electron chi connectivity index (χ2n) is 4.03. The normalized spacial score (nSPS) is 24.1. The Balaban J connectivity index is 2.05. The molecule has 1 fully saturated rings. The Labute approximate surface area is 88.7 Å². The van der Waals surface area contributed by atoms with E-state index in [0.29, 0.717) is 6.04 Å². The van der Waals surface area contributed by atoms with E-state index in [1.807, 2.05) is 11.8 Å². The molecular formula is C11H14N2S. The molecule has 1 aromatic rings. The quantitative estimate of drug-likeness (QED) is 0.701. The first kappa shape index (κ1) is 8.48. The number of anilines is 2. The summed E-state index contributed by atoms with van der Waals surface area (Å²) in [5.41, 5.74) is 4.03. The van der Waals surface area contributed by atoms with E-state index in [1.54, 1.807) is 0 Å². The van der Waals surface area contributed by atoms with Crippen LogP contribution in [0, 0.1) is 6.92 Å². The van der Waals surface area contributed by atoms with E-state index in [2.05, 4.69) is 35.3 Å². The molecule has 2 aliphatic rings. The average Bonchev–Trinajstić information content (AvgIpc) is 2.65. The van der Waals surface area contributed by atoms with Gasteiger partial charge in [-0.3, -0.25) is 0 Å². The third-order valence-corrected chi connectivity index (χ3v) is 4.05. The maximum atomic E-state index is 3.52. The molecule has 0 spiro atoms. The Morgan fingerprint density at radius 2 is 2.43 bits per heavy atom. The van der Waals surface area contributed by atoms with Gasteiger partial charge in [-0.1, -0.05) is 6.07 Å². The lowest BCUT2D eigenvalue weighted by Gasteiger charge is -2.33. The SMILES string of the molecule is Cc1ccc2c(c1)NC[C@H]1CSCN21. The van der Waals surface area contributed by atoms with Crippen LogP contribution in [-0.2, 0) is 0 Å². The smallest absolute Gasteiger partial charge is 0.0645 e. The van der Waals surface area contributed by atoms with Crippen molar-refractivity contribution in [2.75, 3.05) is 28.4 Å². The van der Waals surface area contributed by atoms with Crippen molar-refractivity contribution in [2.45, 2.75) is 13.0 Å². The standard InChI is InChI=1S/C11H14N2S/c1-8-2-3-11-10(4-8)12-5-9-6-14-7-13(9)11/h2-4,9,12H,5-7H2,1H3/t9-/m0/s1. The number of thioether (sulfide) groups is 1. The lowest BCUT2D eigenvalue weighted by molar-refractivity contribution is 0.722. The van der Waals surface area contributed by atoms with Gasteiger partial charge in [0, 0.05) is 12.3 Å². The van der Waals surface area contributed by atoms with Crippen molar-refractivity contribution < 1.29 is 0 Å². The Morgan fingerprint density at radius 3 is 3.36 bits per heavy atom. The molecule has 2 aliphatic heterocycles. The first-order valence-electron chi connectivity index (χ1n) is 5.03. The first-order valence-corrected chi connectivity index (χ1v) is 6.19. The Kier molecular flexibility index (Phi) is 1.87. The van der Waals surface area contributed by atoms with Gasteiger partial charge in [0.1, 0.15) is 0 Å². The molecule has 3 rings (SSSR count). The summed E-state index contributed by atoms with van der Waals surface area (Å²) in [6.45, 7) is 3.25. The van der Waals surface area contributed by atoms with Crippen LogP contribution in [0.4, 0.5) is 11.4 Å². The molecule has 0 amide bonds. The molecule has 74 valence electrons. The third-order valence-electron chi connectivity index (χ3n) is 2.97. The summed E-state index contributed by atoms with van der Waals surface area (Å²) in [7, 11) is 0. The highest BCUT2D eigenvalue weighted by atomic mass is 32.2. The Hall–Kier alpha value is -0.830. The Bertz CT molecular complexity index is 364. The topological polar surface area (TPSA) is 15.3 Å². The molecule has 1 aromatic carbocycles. The van der Waals surface area contributed by atoms with Gasteiger partial charge in [0.05, 0.1) is 23.3 Å². The molecule has 0 saturated carbocycles. The predicted octanol–water partition coefficient (Wildman–Crippen LogP) is 2.30. The van der Waals surface area contributed by atoms with E-state index in [1.165, 1.54) is 22.7 Å². The molecule has 2 heterocycles. The molecule has 1 N–H and O–H groups in total. The fourth-order valence-corrected chi connectivity index (χ4v) is 3.41. The van der Waals surface area contributed by atoms with Crippen LogP contribution in [0.5, 0.6) is 0 Å². The molecule has 0 aliphatic carbocycles. The summed E-state index contributed by atoms with van der Waals surface area (Å²) < 4.78 is 0. The van der Waals surface area contributed by atoms with Gasteiger partial charge >= 0.3 is 0 Å². The van der Waals surface area contributed by atoms with E-state index in [9.17, 15) is 0 Å². The minimum absolute atomic E-state index is 0.704. The third kappa shape index (κ3) is 1.19. The molecule has 1 saturated heterocycles. The number of benzene rings is 1. The number of nitrogens with zero attached hydrogens (tertiary/aromatic N) is 1. The van der Waals surface area contributed by atoms with Crippen LogP contribution >= 0.6 is 11.8 Å². The lowest BCUT2D eigenvalue weighted by Crippen LogP contribution is -2.40. The van der Waals surface area contributed by atoms with Crippen LogP contribution < -0.4 is 10.2 Å². The summed E-state index contributed by atoms with van der Waals surface area (Å²) in [6.07, 6.45) is 0. The summed E-state index contributed by atoms with van der Waals surface area (Å²) in [4.78, 5) is 2.52. The number of aryl methyl sites for hydroxylation is 1. The fourth-order valence-electron chi connectivity index (χ4n) is 2.19.